The molecule has 0 bridgehead atoms. The largest absolute Gasteiger partial charge is 0.419 e. The number of para-hydroxylation sites is 1. The van der Waals surface area contributed by atoms with Crippen LogP contribution in [-0.4, -0.2) is 41.0 Å². The van der Waals surface area contributed by atoms with E-state index in [1.165, 1.54) is 17.6 Å². The van der Waals surface area contributed by atoms with Crippen molar-refractivity contribution in [2.45, 2.75) is 12.7 Å². The standard InChI is InChI=1S/C19H19F3N4/c20-19(21,22)16-5-3-7-23-18(16)26-10-8-25(9-11-26)13-15-12-14-4-1-2-6-17(14)24-15/h1-7,12,24H,8-11,13H2. The smallest absolute Gasteiger partial charge is 0.357 e. The lowest BCUT2D eigenvalue weighted by atomic mass is 10.2. The summed E-state index contributed by atoms with van der Waals surface area (Å²) in [4.78, 5) is 11.4. The van der Waals surface area contributed by atoms with E-state index < -0.39 is 11.7 Å². The molecule has 136 valence electrons. The number of hydrogen-bond acceptors (Lipinski definition) is 3. The molecule has 1 aromatic carbocycles. The fourth-order valence-electron chi connectivity index (χ4n) is 3.45. The summed E-state index contributed by atoms with van der Waals surface area (Å²) in [5.41, 5.74) is 1.56. The van der Waals surface area contributed by atoms with Gasteiger partial charge in [0.15, 0.2) is 0 Å². The fraction of sp³-hybridized carbons (Fsp3) is 0.316. The number of nitrogens with zero attached hydrogens (tertiary/aromatic N) is 3. The number of piperazine rings is 1. The Balaban J connectivity index is 1.43. The second-order valence-corrected chi connectivity index (χ2v) is 6.52. The minimum atomic E-state index is -4.38. The van der Waals surface area contributed by atoms with Crippen molar-refractivity contribution in [1.82, 2.24) is 14.9 Å². The Labute approximate surface area is 149 Å². The van der Waals surface area contributed by atoms with Crippen LogP contribution in [0.1, 0.15) is 11.3 Å². The average molecular weight is 360 g/mol. The number of alkyl halides is 3. The van der Waals surface area contributed by atoms with Crippen molar-refractivity contribution in [1.29, 1.82) is 0 Å². The maximum Gasteiger partial charge on any atom is 0.419 e. The van der Waals surface area contributed by atoms with Crippen LogP contribution < -0.4 is 4.90 Å². The van der Waals surface area contributed by atoms with Crippen molar-refractivity contribution in [2.24, 2.45) is 0 Å². The maximum atomic E-state index is 13.2. The molecule has 3 heterocycles. The summed E-state index contributed by atoms with van der Waals surface area (Å²) in [6, 6.07) is 12.7. The van der Waals surface area contributed by atoms with Gasteiger partial charge in [-0.1, -0.05) is 18.2 Å². The van der Waals surface area contributed by atoms with Crippen molar-refractivity contribution in [3.63, 3.8) is 0 Å². The second-order valence-electron chi connectivity index (χ2n) is 6.52. The number of aromatic nitrogens is 2. The number of fused-ring (bicyclic) bond motifs is 1. The van der Waals surface area contributed by atoms with Crippen LogP contribution in [0.25, 0.3) is 10.9 Å². The average Bonchev–Trinajstić information content (AvgIpc) is 3.04. The van der Waals surface area contributed by atoms with Crippen LogP contribution in [-0.2, 0) is 12.7 Å². The Hall–Kier alpha value is -2.54. The Morgan fingerprint density at radius 2 is 1.77 bits per heavy atom. The SMILES string of the molecule is FC(F)(F)c1cccnc1N1CCN(Cc2cc3ccccc3[nH]2)CC1. The fourth-order valence-corrected chi connectivity index (χ4v) is 3.45. The zero-order chi connectivity index (χ0) is 18.1. The van der Waals surface area contributed by atoms with Crippen LogP contribution in [0.3, 0.4) is 0 Å². The Bertz CT molecular complexity index is 862. The molecule has 3 aromatic rings. The predicted molar refractivity (Wildman–Crippen MR) is 95.0 cm³/mol. The summed E-state index contributed by atoms with van der Waals surface area (Å²) in [5.74, 6) is 0.0327. The molecule has 1 fully saturated rings. The molecule has 0 unspecified atom stereocenters. The lowest BCUT2D eigenvalue weighted by Crippen LogP contribution is -2.46. The van der Waals surface area contributed by atoms with Crippen molar-refractivity contribution >= 4 is 16.7 Å². The third kappa shape index (κ3) is 3.39. The lowest BCUT2D eigenvalue weighted by Gasteiger charge is -2.36. The van der Waals surface area contributed by atoms with E-state index in [9.17, 15) is 13.2 Å². The van der Waals surface area contributed by atoms with Crippen molar-refractivity contribution < 1.29 is 13.2 Å². The van der Waals surface area contributed by atoms with E-state index in [1.54, 1.807) is 4.90 Å². The van der Waals surface area contributed by atoms with Gasteiger partial charge in [-0.05, 0) is 29.7 Å². The first-order valence-electron chi connectivity index (χ1n) is 8.57. The second kappa shape index (κ2) is 6.64. The van der Waals surface area contributed by atoms with Crippen LogP contribution in [0.2, 0.25) is 0 Å². The topological polar surface area (TPSA) is 35.2 Å². The number of rotatable bonds is 3. The molecule has 0 radical (unpaired) electrons. The van der Waals surface area contributed by atoms with Crippen LogP contribution >= 0.6 is 0 Å². The predicted octanol–water partition coefficient (Wildman–Crippen LogP) is 3.90. The molecule has 0 saturated carbocycles. The first-order chi connectivity index (χ1) is 12.5. The number of H-pyrrole nitrogens is 1. The van der Waals surface area contributed by atoms with Gasteiger partial charge in [0.2, 0.25) is 0 Å². The van der Waals surface area contributed by atoms with Gasteiger partial charge in [0.05, 0.1) is 5.56 Å². The van der Waals surface area contributed by atoms with E-state index in [2.05, 4.69) is 27.0 Å². The summed E-state index contributed by atoms with van der Waals surface area (Å²) in [5, 5.41) is 1.17. The zero-order valence-electron chi connectivity index (χ0n) is 14.1. The van der Waals surface area contributed by atoms with E-state index in [-0.39, 0.29) is 5.82 Å². The number of anilines is 1. The first kappa shape index (κ1) is 16.9. The minimum absolute atomic E-state index is 0.0327. The van der Waals surface area contributed by atoms with Gasteiger partial charge < -0.3 is 9.88 Å². The molecule has 2 aromatic heterocycles. The first-order valence-corrected chi connectivity index (χ1v) is 8.57. The van der Waals surface area contributed by atoms with Gasteiger partial charge in [-0.25, -0.2) is 4.98 Å². The third-order valence-corrected chi connectivity index (χ3v) is 4.74. The van der Waals surface area contributed by atoms with E-state index in [0.29, 0.717) is 26.2 Å². The molecule has 1 aliphatic heterocycles. The molecule has 7 heteroatoms. The van der Waals surface area contributed by atoms with Crippen LogP contribution in [0.5, 0.6) is 0 Å². The van der Waals surface area contributed by atoms with Gasteiger partial charge >= 0.3 is 6.18 Å². The number of nitrogens with one attached hydrogen (secondary N) is 1. The molecule has 1 N–H and O–H groups in total. The van der Waals surface area contributed by atoms with Crippen LogP contribution in [0, 0.1) is 0 Å². The van der Waals surface area contributed by atoms with Gasteiger partial charge in [-0.15, -0.1) is 0 Å². The van der Waals surface area contributed by atoms with Gasteiger partial charge in [-0.2, -0.15) is 13.2 Å². The number of hydrogen-bond donors (Lipinski definition) is 1. The van der Waals surface area contributed by atoms with Gasteiger partial charge in [0.1, 0.15) is 5.82 Å². The molecule has 0 amide bonds. The molecular formula is C19H19F3N4. The number of benzene rings is 1. The maximum absolute atomic E-state index is 13.2. The molecule has 4 rings (SSSR count). The summed E-state index contributed by atoms with van der Waals surface area (Å²) < 4.78 is 39.6. The Morgan fingerprint density at radius 1 is 1.00 bits per heavy atom. The minimum Gasteiger partial charge on any atom is -0.357 e. The van der Waals surface area contributed by atoms with E-state index >= 15 is 0 Å². The quantitative estimate of drug-likeness (QED) is 0.769. The molecule has 0 aliphatic carbocycles. The highest BCUT2D eigenvalue weighted by molar-refractivity contribution is 5.80. The third-order valence-electron chi connectivity index (χ3n) is 4.74. The highest BCUT2D eigenvalue weighted by Gasteiger charge is 2.36. The molecule has 1 aliphatic rings. The van der Waals surface area contributed by atoms with Crippen LogP contribution in [0.4, 0.5) is 19.0 Å². The monoisotopic (exact) mass is 360 g/mol. The number of pyridine rings is 1. The normalized spacial score (nSPS) is 16.3. The molecule has 4 nitrogen and oxygen atoms in total. The van der Waals surface area contributed by atoms with E-state index in [4.69, 9.17) is 0 Å². The van der Waals surface area contributed by atoms with Gasteiger partial charge in [-0.3, -0.25) is 4.90 Å². The van der Waals surface area contributed by atoms with Crippen molar-refractivity contribution in [3.05, 3.63) is 59.9 Å². The van der Waals surface area contributed by atoms with Gasteiger partial charge in [0, 0.05) is 50.1 Å². The Kier molecular flexibility index (Phi) is 4.32. The molecule has 0 atom stereocenters. The molecule has 26 heavy (non-hydrogen) atoms. The van der Waals surface area contributed by atoms with Crippen molar-refractivity contribution in [3.8, 4) is 0 Å². The van der Waals surface area contributed by atoms with Crippen LogP contribution in [0.15, 0.2) is 48.7 Å². The molecular weight excluding hydrogens is 341 g/mol. The summed E-state index contributed by atoms with van der Waals surface area (Å²) in [7, 11) is 0. The van der Waals surface area contributed by atoms with Crippen molar-refractivity contribution in [2.75, 3.05) is 31.1 Å². The Morgan fingerprint density at radius 3 is 2.50 bits per heavy atom. The zero-order valence-corrected chi connectivity index (χ0v) is 14.1. The van der Waals surface area contributed by atoms with E-state index in [0.717, 1.165) is 23.8 Å². The molecule has 1 saturated heterocycles. The summed E-state index contributed by atoms with van der Waals surface area (Å²) in [6.45, 7) is 3.21. The molecule has 0 spiro atoms. The summed E-state index contributed by atoms with van der Waals surface area (Å²) in [6.07, 6.45) is -2.97. The number of halogens is 3. The lowest BCUT2D eigenvalue weighted by molar-refractivity contribution is -0.137. The van der Waals surface area contributed by atoms with E-state index in [1.807, 2.05) is 18.2 Å². The number of aromatic amines is 1. The van der Waals surface area contributed by atoms with Gasteiger partial charge in [0.25, 0.3) is 0 Å². The summed E-state index contributed by atoms with van der Waals surface area (Å²) >= 11 is 0. The highest BCUT2D eigenvalue weighted by atomic mass is 19.4. The highest BCUT2D eigenvalue weighted by Crippen LogP contribution is 2.35.